The number of piperidine rings is 1. The number of aromatic nitrogens is 6. The molecule has 1 saturated heterocycles. The van der Waals surface area contributed by atoms with Crippen LogP contribution in [0.3, 0.4) is 0 Å². The van der Waals surface area contributed by atoms with Crippen LogP contribution in [0.1, 0.15) is 14.6 Å². The van der Waals surface area contributed by atoms with Gasteiger partial charge in [-0.2, -0.15) is 4.98 Å². The summed E-state index contributed by atoms with van der Waals surface area (Å²) in [5.74, 6) is -5.48. The average molecular weight is 484 g/mol. The van der Waals surface area contributed by atoms with Crippen LogP contribution in [-0.4, -0.2) is 80.2 Å². The molecule has 1 atom stereocenters. The smallest absolute Gasteiger partial charge is 0.280 e. The molecule has 0 bridgehead atoms. The van der Waals surface area contributed by atoms with Crippen molar-refractivity contribution in [1.82, 2.24) is 34.5 Å². The highest BCUT2D eigenvalue weighted by atomic mass is 19.3. The second-order valence-corrected chi connectivity index (χ2v) is 7.86. The third-order valence-electron chi connectivity index (χ3n) is 5.65. The summed E-state index contributed by atoms with van der Waals surface area (Å²) in [5.41, 5.74) is 0.660. The molecular weight excluding hydrogens is 456 g/mol. The van der Waals surface area contributed by atoms with E-state index < -0.39 is 56.8 Å². The maximum absolute atomic E-state index is 15.4. The van der Waals surface area contributed by atoms with E-state index in [1.165, 1.54) is 22.9 Å². The van der Waals surface area contributed by atoms with Gasteiger partial charge in [-0.25, -0.2) is 26.8 Å². The van der Waals surface area contributed by atoms with Gasteiger partial charge in [-0.05, 0) is 31.1 Å². The average Bonchev–Trinajstić information content (AvgIpc) is 3.38. The van der Waals surface area contributed by atoms with Crippen LogP contribution in [0.15, 0.2) is 24.4 Å². The normalized spacial score (nSPS) is 21.9. The standard InChI is InChI=1S/C21H22F4N8O/c1-31-7-5-16(21(24,25)11-31)26-20-27-19(34-2)18-17(13(23)10-33(18)29-20)12-3-4-14-15(9-12)32(8-6-22)30-28-14/h3-4,9-10,16H,5-8,11H2,1-2H3,(H,26,29)/i1D3,2D3. The third kappa shape index (κ3) is 3.79. The Kier molecular flexibility index (Phi) is 3.99. The molecule has 4 heterocycles. The first-order chi connectivity index (χ1) is 18.7. The lowest BCUT2D eigenvalue weighted by atomic mass is 10.0. The van der Waals surface area contributed by atoms with Crippen molar-refractivity contribution < 1.29 is 30.5 Å². The van der Waals surface area contributed by atoms with Gasteiger partial charge >= 0.3 is 0 Å². The van der Waals surface area contributed by atoms with Crippen molar-refractivity contribution in [2.75, 3.05) is 39.1 Å². The van der Waals surface area contributed by atoms with Crippen LogP contribution in [0, 0.1) is 5.82 Å². The topological polar surface area (TPSA) is 85.4 Å². The summed E-state index contributed by atoms with van der Waals surface area (Å²) >= 11 is 0. The molecule has 1 unspecified atom stereocenters. The van der Waals surface area contributed by atoms with Gasteiger partial charge in [-0.1, -0.05) is 11.3 Å². The second-order valence-electron chi connectivity index (χ2n) is 7.86. The maximum Gasteiger partial charge on any atom is 0.280 e. The van der Waals surface area contributed by atoms with Gasteiger partial charge in [0.2, 0.25) is 11.8 Å². The molecule has 3 aromatic heterocycles. The molecule has 4 aromatic rings. The number of fused-ring (bicyclic) bond motifs is 2. The predicted molar refractivity (Wildman–Crippen MR) is 116 cm³/mol. The summed E-state index contributed by atoms with van der Waals surface area (Å²) in [7, 11) is -3.05. The largest absolute Gasteiger partial charge is 0.479 e. The van der Waals surface area contributed by atoms with E-state index in [2.05, 4.69) is 25.7 Å². The molecule has 1 aliphatic heterocycles. The lowest BCUT2D eigenvalue weighted by Crippen LogP contribution is -2.53. The van der Waals surface area contributed by atoms with E-state index in [-0.39, 0.29) is 36.2 Å². The van der Waals surface area contributed by atoms with Crippen LogP contribution in [-0.2, 0) is 6.54 Å². The zero-order valence-electron chi connectivity index (χ0n) is 23.5. The Morgan fingerprint density at radius 3 is 3.00 bits per heavy atom. The highest BCUT2D eigenvalue weighted by molar-refractivity contribution is 5.89. The Morgan fingerprint density at radius 2 is 2.24 bits per heavy atom. The molecule has 0 amide bonds. The first kappa shape index (κ1) is 16.2. The van der Waals surface area contributed by atoms with E-state index in [4.69, 9.17) is 13.0 Å². The third-order valence-corrected chi connectivity index (χ3v) is 5.65. The summed E-state index contributed by atoms with van der Waals surface area (Å²) in [6, 6.07) is 2.88. The molecule has 1 aliphatic rings. The number of nitrogens with zero attached hydrogens (tertiary/aromatic N) is 7. The van der Waals surface area contributed by atoms with Crippen LogP contribution < -0.4 is 10.1 Å². The number of alkyl halides is 3. The second kappa shape index (κ2) is 8.38. The molecule has 1 fully saturated rings. The Hall–Kier alpha value is -3.48. The Balaban J connectivity index is 1.57. The molecule has 0 radical (unpaired) electrons. The summed E-state index contributed by atoms with van der Waals surface area (Å²) < 4.78 is 110. The number of nitrogens with one attached hydrogen (secondary N) is 1. The van der Waals surface area contributed by atoms with E-state index >= 15 is 4.39 Å². The first-order valence-corrected chi connectivity index (χ1v) is 10.2. The summed E-state index contributed by atoms with van der Waals surface area (Å²) in [6.45, 7) is -4.75. The number of aryl methyl sites for hydroxylation is 1. The number of anilines is 1. The van der Waals surface area contributed by atoms with Crippen LogP contribution in [0.5, 0.6) is 5.88 Å². The number of hydrogen-bond acceptors (Lipinski definition) is 7. The van der Waals surface area contributed by atoms with Crippen LogP contribution >= 0.6 is 0 Å². The van der Waals surface area contributed by atoms with Gasteiger partial charge in [0.25, 0.3) is 5.92 Å². The van der Waals surface area contributed by atoms with Crippen molar-refractivity contribution in [3.63, 3.8) is 0 Å². The lowest BCUT2D eigenvalue weighted by Gasteiger charge is -2.36. The molecule has 0 spiro atoms. The fourth-order valence-corrected chi connectivity index (χ4v) is 4.07. The van der Waals surface area contributed by atoms with Gasteiger partial charge in [0, 0.05) is 10.7 Å². The van der Waals surface area contributed by atoms with Crippen LogP contribution in [0.2, 0.25) is 0 Å². The molecule has 5 rings (SSSR count). The molecule has 180 valence electrons. The molecule has 1 aromatic carbocycles. The minimum Gasteiger partial charge on any atom is -0.479 e. The van der Waals surface area contributed by atoms with E-state index in [0.29, 0.717) is 15.9 Å². The number of methoxy groups -OCH3 is 1. The van der Waals surface area contributed by atoms with Crippen molar-refractivity contribution >= 4 is 22.5 Å². The number of likely N-dealkylation sites (tertiary alicyclic amines) is 1. The fraction of sp³-hybridized carbons (Fsp3) is 0.429. The van der Waals surface area contributed by atoms with E-state index in [0.717, 1.165) is 10.7 Å². The number of rotatable bonds is 6. The molecule has 1 N–H and O–H groups in total. The molecular formula is C21H22F4N8O. The highest BCUT2D eigenvalue weighted by Crippen LogP contribution is 2.36. The van der Waals surface area contributed by atoms with E-state index in [1.54, 1.807) is 0 Å². The minimum atomic E-state index is -3.52. The first-order valence-electron chi connectivity index (χ1n) is 13.2. The van der Waals surface area contributed by atoms with Gasteiger partial charge in [-0.3, -0.25) is 0 Å². The zero-order valence-corrected chi connectivity index (χ0v) is 17.5. The molecule has 34 heavy (non-hydrogen) atoms. The molecule has 9 nitrogen and oxygen atoms in total. The van der Waals surface area contributed by atoms with E-state index in [9.17, 15) is 13.2 Å². The lowest BCUT2D eigenvalue weighted by molar-refractivity contribution is -0.0675. The quantitative estimate of drug-likeness (QED) is 0.421. The van der Waals surface area contributed by atoms with Crippen molar-refractivity contribution in [2.24, 2.45) is 0 Å². The van der Waals surface area contributed by atoms with Gasteiger partial charge in [0.1, 0.15) is 17.7 Å². The van der Waals surface area contributed by atoms with Crippen molar-refractivity contribution in [3.05, 3.63) is 30.2 Å². The van der Waals surface area contributed by atoms with Crippen molar-refractivity contribution in [2.45, 2.75) is 24.9 Å². The molecule has 13 heteroatoms. The summed E-state index contributed by atoms with van der Waals surface area (Å²) in [4.78, 5) is 4.66. The van der Waals surface area contributed by atoms with Crippen molar-refractivity contribution in [3.8, 4) is 17.0 Å². The van der Waals surface area contributed by atoms with Gasteiger partial charge < -0.3 is 15.0 Å². The molecule has 0 aliphatic carbocycles. The predicted octanol–water partition coefficient (Wildman–Crippen LogP) is 3.01. The summed E-state index contributed by atoms with van der Waals surface area (Å²) in [5, 5.41) is 14.3. The van der Waals surface area contributed by atoms with Crippen LogP contribution in [0.4, 0.5) is 23.5 Å². The van der Waals surface area contributed by atoms with Crippen molar-refractivity contribution in [1.29, 1.82) is 0 Å². The zero-order chi connectivity index (χ0) is 29.0. The number of halogens is 4. The Labute approximate surface area is 199 Å². The van der Waals surface area contributed by atoms with E-state index in [1.807, 2.05) is 0 Å². The van der Waals surface area contributed by atoms with Gasteiger partial charge in [-0.15, -0.1) is 10.2 Å². The monoisotopic (exact) mass is 484 g/mol. The molecule has 0 saturated carbocycles. The Morgan fingerprint density at radius 1 is 1.35 bits per heavy atom. The van der Waals surface area contributed by atoms with Gasteiger partial charge in [0.15, 0.2) is 5.82 Å². The number of benzene rings is 1. The SMILES string of the molecule is [2H]C([2H])([2H])Oc1nc(NC2CCN(C([2H])([2H])[2H])CC2(F)F)nn2cc(F)c(-c3ccc4nnn(CCF)c4c3)c12. The van der Waals surface area contributed by atoms with Gasteiger partial charge in [0.05, 0.1) is 47.6 Å². The summed E-state index contributed by atoms with van der Waals surface area (Å²) in [6.07, 6.45) is 0.606. The number of ether oxygens (including phenoxy) is 1. The fourth-order valence-electron chi connectivity index (χ4n) is 4.07. The minimum absolute atomic E-state index is 0.0968. The maximum atomic E-state index is 15.4. The van der Waals surface area contributed by atoms with Crippen LogP contribution in [0.25, 0.3) is 27.7 Å². The highest BCUT2D eigenvalue weighted by Gasteiger charge is 2.44. The Bertz CT molecular complexity index is 1560. The number of hydrogen-bond donors (Lipinski definition) is 1.